The van der Waals surface area contributed by atoms with Crippen molar-refractivity contribution in [2.75, 3.05) is 0 Å². The van der Waals surface area contributed by atoms with Crippen LogP contribution in [-0.2, 0) is 0 Å². The fourth-order valence-corrected chi connectivity index (χ4v) is 0.531. The second kappa shape index (κ2) is 4.47. The number of rotatable bonds is 1. The molecule has 0 amide bonds. The van der Waals surface area contributed by atoms with Gasteiger partial charge in [-0.3, -0.25) is 0 Å². The van der Waals surface area contributed by atoms with Crippen LogP contribution in [0, 0.1) is 31.5 Å². The Hall–Kier alpha value is 0.312. The summed E-state index contributed by atoms with van der Waals surface area (Å²) in [5.74, 6) is 0. The van der Waals surface area contributed by atoms with Crippen LogP contribution in [-0.4, -0.2) is 0 Å². The monoisotopic (exact) mass is 317 g/mol. The van der Waals surface area contributed by atoms with E-state index in [-0.39, 0.29) is 0 Å². The molecule has 0 fully saturated rings. The summed E-state index contributed by atoms with van der Waals surface area (Å²) in [6.07, 6.45) is 3.88. The molecule has 7 heavy (non-hydrogen) atoms. The predicted molar refractivity (Wildman–Crippen MR) is 27.8 cm³/mol. The van der Waals surface area contributed by atoms with Crippen LogP contribution in [0.5, 0.6) is 0 Å². The molecule has 0 rings (SSSR count). The van der Waals surface area contributed by atoms with Gasteiger partial charge in [0.15, 0.2) is 0 Å². The molecule has 1 heteroatoms. The normalized spacial score (nSPS) is 9.00. The van der Waals surface area contributed by atoms with E-state index in [1.165, 1.54) is 0 Å². The van der Waals surface area contributed by atoms with Gasteiger partial charge in [0.05, 0.1) is 0 Å². The molecule has 0 aliphatic rings. The van der Waals surface area contributed by atoms with Gasteiger partial charge in [-0.05, 0) is 0 Å². The van der Waals surface area contributed by atoms with Crippen LogP contribution in [0.25, 0.3) is 0 Å². The van der Waals surface area contributed by atoms with Gasteiger partial charge in [-0.2, -0.15) is 0 Å². The van der Waals surface area contributed by atoms with Crippen molar-refractivity contribution in [3.8, 4) is 2.82 Å². The van der Waals surface area contributed by atoms with E-state index in [1.54, 1.807) is 0 Å². The van der Waals surface area contributed by atoms with Crippen molar-refractivity contribution >= 4 is 0 Å². The topological polar surface area (TPSA) is 0 Å². The Morgan fingerprint density at radius 2 is 2.43 bits per heavy atom. The maximum atomic E-state index is 3.68. The molecule has 0 aromatic heterocycles. The minimum absolute atomic E-state index is 0.837. The van der Waals surface area contributed by atoms with Gasteiger partial charge >= 0.3 is 62.8 Å². The molecule has 0 bridgehead atoms. The first-order chi connectivity index (χ1) is 3.27. The number of hydrogen-bond acceptors (Lipinski definition) is 0. The first-order valence-electron chi connectivity index (χ1n) is 2.01. The summed E-state index contributed by atoms with van der Waals surface area (Å²) in [5, 5.41) is 0. The third-order valence-electron chi connectivity index (χ3n) is 0.451. The molecule has 0 aromatic carbocycles. The van der Waals surface area contributed by atoms with Gasteiger partial charge in [-0.1, -0.05) is 0 Å². The standard InChI is InChI=1S/C6H7.U/c1-4-5-6(2)3;/h4-5H,2H2,3H3;/b5-4-;. The minimum atomic E-state index is 0.837. The van der Waals surface area contributed by atoms with E-state index in [0.717, 1.165) is 34.3 Å². The molecule has 0 saturated carbocycles. The van der Waals surface area contributed by atoms with Crippen molar-refractivity contribution in [2.24, 2.45) is 0 Å². The first kappa shape index (κ1) is 7.31. The van der Waals surface area contributed by atoms with E-state index in [4.69, 9.17) is 0 Å². The molecular formula is C6H7U. The van der Waals surface area contributed by atoms with Gasteiger partial charge in [-0.15, -0.1) is 0 Å². The Morgan fingerprint density at radius 3 is 2.57 bits per heavy atom. The van der Waals surface area contributed by atoms with Crippen molar-refractivity contribution in [3.05, 3.63) is 24.3 Å². The predicted octanol–water partition coefficient (Wildman–Crippen LogP) is 1.63. The molecular weight excluding hydrogens is 310 g/mol. The molecule has 0 aliphatic carbocycles. The van der Waals surface area contributed by atoms with Gasteiger partial charge < -0.3 is 0 Å². The van der Waals surface area contributed by atoms with Crippen LogP contribution in [0.3, 0.4) is 0 Å². The zero-order valence-electron chi connectivity index (χ0n) is 4.36. The summed E-state index contributed by atoms with van der Waals surface area (Å²) >= 11 is 0.837. The third kappa shape index (κ3) is 6.31. The van der Waals surface area contributed by atoms with Crippen LogP contribution in [0.15, 0.2) is 24.3 Å². The average molecular weight is 317 g/mol. The Kier molecular flexibility index (Phi) is 4.67. The van der Waals surface area contributed by atoms with Gasteiger partial charge in [0, 0.05) is 0 Å². The summed E-state index contributed by atoms with van der Waals surface area (Å²) in [7, 11) is 0. The summed E-state index contributed by atoms with van der Waals surface area (Å²) in [4.78, 5) is 0. The van der Waals surface area contributed by atoms with Gasteiger partial charge in [0.25, 0.3) is 0 Å². The van der Waals surface area contributed by atoms with Crippen molar-refractivity contribution in [2.45, 2.75) is 6.92 Å². The van der Waals surface area contributed by atoms with Crippen LogP contribution >= 0.6 is 0 Å². The van der Waals surface area contributed by atoms with E-state index in [2.05, 4.69) is 9.40 Å². The fraction of sp³-hybridized carbons (Fsp3) is 0.167. The molecule has 0 aromatic rings. The summed E-state index contributed by atoms with van der Waals surface area (Å²) in [6, 6.07) is 0. The van der Waals surface area contributed by atoms with Gasteiger partial charge in [0.1, 0.15) is 0 Å². The van der Waals surface area contributed by atoms with Crippen LogP contribution < -0.4 is 0 Å². The summed E-state index contributed by atoms with van der Waals surface area (Å²) in [5.41, 5.74) is 1.09. The van der Waals surface area contributed by atoms with E-state index >= 15 is 0 Å². The molecule has 0 N–H and O–H groups in total. The van der Waals surface area contributed by atoms with Crippen molar-refractivity contribution in [3.63, 3.8) is 0 Å². The number of allylic oxidation sites excluding steroid dienone is 3. The summed E-state index contributed by atoms with van der Waals surface area (Å²) in [6.45, 7) is 5.66. The number of hydrogen-bond donors (Lipinski definition) is 0. The molecule has 0 spiro atoms. The van der Waals surface area contributed by atoms with Crippen molar-refractivity contribution in [1.29, 1.82) is 0 Å². The zero-order valence-corrected chi connectivity index (χ0v) is 8.53. The van der Waals surface area contributed by atoms with Gasteiger partial charge in [-0.25, -0.2) is 0 Å². The van der Waals surface area contributed by atoms with E-state index < -0.39 is 0 Å². The Balaban J connectivity index is 3.53. The second-order valence-electron chi connectivity index (χ2n) is 1.32. The average Bonchev–Trinajstić information content (AvgIpc) is 1.61. The Morgan fingerprint density at radius 1 is 1.86 bits per heavy atom. The fourth-order valence-electron chi connectivity index (χ4n) is 0.184. The van der Waals surface area contributed by atoms with Crippen molar-refractivity contribution < 1.29 is 28.7 Å². The molecule has 0 radical (unpaired) electrons. The second-order valence-corrected chi connectivity index (χ2v) is 2.53. The maximum absolute atomic E-state index is 3.68. The molecule has 0 atom stereocenters. The molecule has 0 saturated heterocycles. The summed E-state index contributed by atoms with van der Waals surface area (Å²) < 4.78 is 3.03. The molecule has 35 valence electrons. The van der Waals surface area contributed by atoms with Crippen LogP contribution in [0.2, 0.25) is 0 Å². The molecule has 0 nitrogen and oxygen atoms in total. The van der Waals surface area contributed by atoms with Crippen LogP contribution in [0.4, 0.5) is 0 Å². The SMILES string of the molecule is C=C(C)/C=C\[C]#[U]. The Labute approximate surface area is 62.6 Å². The molecule has 0 unspecified atom stereocenters. The van der Waals surface area contributed by atoms with Gasteiger partial charge in [0.2, 0.25) is 0 Å². The van der Waals surface area contributed by atoms with E-state index in [1.807, 2.05) is 19.1 Å². The Bertz CT molecular complexity index is 126. The van der Waals surface area contributed by atoms with Crippen LogP contribution in [0.1, 0.15) is 6.92 Å². The van der Waals surface area contributed by atoms with Crippen molar-refractivity contribution in [1.82, 2.24) is 0 Å². The first-order valence-corrected chi connectivity index (χ1v) is 4.10. The zero-order chi connectivity index (χ0) is 5.70. The quantitative estimate of drug-likeness (QED) is 0.645. The third-order valence-corrected chi connectivity index (χ3v) is 1.15. The molecule has 0 aliphatic heterocycles. The van der Waals surface area contributed by atoms with E-state index in [0.29, 0.717) is 0 Å². The molecule has 0 heterocycles. The van der Waals surface area contributed by atoms with E-state index in [9.17, 15) is 0 Å².